The number of nitrogens with zero attached hydrogens (tertiary/aromatic N) is 1. The standard InChI is InChI=1S/C7H5NS2.K/c9-6-1-3-8-5-2-4-10-7(5)6;/h1-4H,(H,8,9);/q;+1/p-1. The molecule has 2 aromatic heterocycles. The van der Waals surface area contributed by atoms with Crippen molar-refractivity contribution in [2.45, 2.75) is 4.90 Å². The minimum absolute atomic E-state index is 0. The van der Waals surface area contributed by atoms with Gasteiger partial charge in [0.05, 0.1) is 5.52 Å². The van der Waals surface area contributed by atoms with Crippen LogP contribution in [-0.2, 0) is 12.6 Å². The first kappa shape index (κ1) is 10.0. The Labute approximate surface area is 117 Å². The number of pyridine rings is 1. The average Bonchev–Trinajstić information content (AvgIpc) is 2.36. The van der Waals surface area contributed by atoms with Crippen molar-refractivity contribution in [1.82, 2.24) is 4.98 Å². The van der Waals surface area contributed by atoms with Crippen LogP contribution in [-0.4, -0.2) is 4.98 Å². The molecule has 0 saturated heterocycles. The Balaban J connectivity index is 0.000000605. The van der Waals surface area contributed by atoms with Crippen molar-refractivity contribution in [2.75, 3.05) is 0 Å². The molecule has 11 heavy (non-hydrogen) atoms. The third-order valence-corrected chi connectivity index (χ3v) is 2.71. The normalized spacial score (nSPS) is 9.45. The molecule has 50 valence electrons. The second kappa shape index (κ2) is 4.27. The van der Waals surface area contributed by atoms with Crippen LogP contribution in [0.15, 0.2) is 28.6 Å². The van der Waals surface area contributed by atoms with Gasteiger partial charge in [-0.3, -0.25) is 4.98 Å². The molecule has 0 saturated carbocycles. The quantitative estimate of drug-likeness (QED) is 0.413. The predicted molar refractivity (Wildman–Crippen MR) is 45.3 cm³/mol. The summed E-state index contributed by atoms with van der Waals surface area (Å²) in [6.45, 7) is 0. The van der Waals surface area contributed by atoms with Gasteiger partial charge in [0.1, 0.15) is 0 Å². The van der Waals surface area contributed by atoms with Crippen LogP contribution in [0.3, 0.4) is 0 Å². The van der Waals surface area contributed by atoms with Crippen LogP contribution in [0.2, 0.25) is 0 Å². The Morgan fingerprint density at radius 2 is 2.18 bits per heavy atom. The van der Waals surface area contributed by atoms with E-state index in [2.05, 4.69) is 4.98 Å². The molecule has 2 rings (SSSR count). The summed E-state index contributed by atoms with van der Waals surface area (Å²) >= 11 is 6.73. The summed E-state index contributed by atoms with van der Waals surface area (Å²) in [4.78, 5) is 5.05. The van der Waals surface area contributed by atoms with Gasteiger partial charge in [0.15, 0.2) is 0 Å². The molecule has 0 spiro atoms. The maximum atomic E-state index is 5.08. The summed E-state index contributed by atoms with van der Waals surface area (Å²) in [5.74, 6) is 0. The van der Waals surface area contributed by atoms with E-state index in [1.807, 2.05) is 17.5 Å². The molecule has 0 N–H and O–H groups in total. The van der Waals surface area contributed by atoms with Crippen molar-refractivity contribution in [1.29, 1.82) is 0 Å². The minimum atomic E-state index is 0. The summed E-state index contributed by atoms with van der Waals surface area (Å²) in [6, 6.07) is 3.84. The summed E-state index contributed by atoms with van der Waals surface area (Å²) in [5, 5.41) is 2.01. The molecule has 0 atom stereocenters. The smallest absolute Gasteiger partial charge is 0.778 e. The van der Waals surface area contributed by atoms with Gasteiger partial charge in [0.25, 0.3) is 0 Å². The molecular weight excluding hydrogens is 201 g/mol. The van der Waals surface area contributed by atoms with Gasteiger partial charge in [-0.2, -0.15) is 4.90 Å². The van der Waals surface area contributed by atoms with E-state index in [-0.39, 0.29) is 51.4 Å². The zero-order chi connectivity index (χ0) is 6.97. The van der Waals surface area contributed by atoms with E-state index in [4.69, 9.17) is 12.6 Å². The third-order valence-electron chi connectivity index (χ3n) is 1.31. The average molecular weight is 205 g/mol. The Morgan fingerprint density at radius 1 is 1.36 bits per heavy atom. The Hall–Kier alpha value is 0.966. The van der Waals surface area contributed by atoms with Gasteiger partial charge >= 0.3 is 51.4 Å². The molecule has 2 heterocycles. The van der Waals surface area contributed by atoms with Gasteiger partial charge in [0.2, 0.25) is 0 Å². The predicted octanol–water partition coefficient (Wildman–Crippen LogP) is -0.794. The minimum Gasteiger partial charge on any atom is -0.778 e. The molecule has 0 fully saturated rings. The van der Waals surface area contributed by atoms with E-state index in [9.17, 15) is 0 Å². The second-order valence-corrected chi connectivity index (χ2v) is 3.30. The zero-order valence-corrected chi connectivity index (χ0v) is 10.8. The topological polar surface area (TPSA) is 12.9 Å². The monoisotopic (exact) mass is 205 g/mol. The van der Waals surface area contributed by atoms with E-state index in [0.717, 1.165) is 15.1 Å². The van der Waals surface area contributed by atoms with Crippen molar-refractivity contribution < 1.29 is 51.4 Å². The molecule has 2 aromatic rings. The van der Waals surface area contributed by atoms with Crippen LogP contribution in [0.4, 0.5) is 0 Å². The van der Waals surface area contributed by atoms with Crippen molar-refractivity contribution in [3.8, 4) is 0 Å². The van der Waals surface area contributed by atoms with E-state index >= 15 is 0 Å². The van der Waals surface area contributed by atoms with Gasteiger partial charge in [-0.15, -0.1) is 11.3 Å². The van der Waals surface area contributed by atoms with Gasteiger partial charge < -0.3 is 12.6 Å². The summed E-state index contributed by atoms with van der Waals surface area (Å²) in [5.41, 5.74) is 1.01. The molecule has 0 unspecified atom stereocenters. The third kappa shape index (κ3) is 2.01. The number of rotatable bonds is 0. The van der Waals surface area contributed by atoms with E-state index in [1.165, 1.54) is 0 Å². The largest absolute Gasteiger partial charge is 1.00 e. The summed E-state index contributed by atoms with van der Waals surface area (Å²) < 4.78 is 1.12. The Morgan fingerprint density at radius 3 is 2.91 bits per heavy atom. The SMILES string of the molecule is [K+].[S-]c1ccnc2ccsc12. The van der Waals surface area contributed by atoms with Gasteiger partial charge in [-0.05, 0) is 11.4 Å². The summed E-state index contributed by atoms with van der Waals surface area (Å²) in [6.07, 6.45) is 1.75. The van der Waals surface area contributed by atoms with Crippen LogP contribution in [0.1, 0.15) is 0 Å². The number of hydrogen-bond acceptors (Lipinski definition) is 3. The van der Waals surface area contributed by atoms with Crippen molar-refractivity contribution in [3.05, 3.63) is 23.7 Å². The van der Waals surface area contributed by atoms with Crippen LogP contribution < -0.4 is 51.4 Å². The first-order valence-electron chi connectivity index (χ1n) is 2.87. The molecular formula is C7H4KNS2. The number of hydrogen-bond donors (Lipinski definition) is 0. The fraction of sp³-hybridized carbons (Fsp3) is 0. The van der Waals surface area contributed by atoms with Gasteiger partial charge in [0, 0.05) is 10.9 Å². The van der Waals surface area contributed by atoms with Crippen LogP contribution in [0.5, 0.6) is 0 Å². The van der Waals surface area contributed by atoms with Crippen LogP contribution >= 0.6 is 11.3 Å². The number of fused-ring (bicyclic) bond motifs is 1. The Kier molecular flexibility index (Phi) is 3.90. The molecule has 4 heteroatoms. The molecule has 0 aliphatic carbocycles. The maximum Gasteiger partial charge on any atom is 1.00 e. The molecule has 0 radical (unpaired) electrons. The Bertz CT molecular complexity index is 358. The van der Waals surface area contributed by atoms with E-state index in [0.29, 0.717) is 0 Å². The molecule has 0 bridgehead atoms. The van der Waals surface area contributed by atoms with Gasteiger partial charge in [-0.25, -0.2) is 0 Å². The molecule has 1 nitrogen and oxygen atoms in total. The zero-order valence-electron chi connectivity index (χ0n) is 6.07. The first-order valence-corrected chi connectivity index (χ1v) is 4.16. The molecule has 0 amide bonds. The summed E-state index contributed by atoms with van der Waals surface area (Å²) in [7, 11) is 0. The number of thiophene rings is 1. The molecule has 0 aromatic carbocycles. The maximum absolute atomic E-state index is 5.08. The first-order chi connectivity index (χ1) is 4.88. The van der Waals surface area contributed by atoms with Crippen LogP contribution in [0.25, 0.3) is 10.2 Å². The van der Waals surface area contributed by atoms with Gasteiger partial charge in [-0.1, -0.05) is 6.07 Å². The fourth-order valence-corrected chi connectivity index (χ4v) is 1.92. The second-order valence-electron chi connectivity index (χ2n) is 1.94. The van der Waals surface area contributed by atoms with Crippen molar-refractivity contribution in [3.63, 3.8) is 0 Å². The molecule has 0 aliphatic rings. The van der Waals surface area contributed by atoms with Crippen molar-refractivity contribution in [2.24, 2.45) is 0 Å². The van der Waals surface area contributed by atoms with Crippen LogP contribution in [0, 0.1) is 0 Å². The van der Waals surface area contributed by atoms with Crippen molar-refractivity contribution >= 4 is 34.2 Å². The van der Waals surface area contributed by atoms with E-state index < -0.39 is 0 Å². The molecule has 0 aliphatic heterocycles. The van der Waals surface area contributed by atoms with E-state index in [1.54, 1.807) is 17.5 Å². The fourth-order valence-electron chi connectivity index (χ4n) is 0.849. The number of aromatic nitrogens is 1.